The number of benzene rings is 1. The molecule has 2 saturated heterocycles. The van der Waals surface area contributed by atoms with Crippen LogP contribution in [0.5, 0.6) is 5.75 Å². The first-order chi connectivity index (χ1) is 12.4. The maximum Gasteiger partial charge on any atom is 0.260 e. The predicted octanol–water partition coefficient (Wildman–Crippen LogP) is 1.97. The average molecular weight is 381 g/mol. The van der Waals surface area contributed by atoms with E-state index in [1.54, 1.807) is 9.21 Å². The van der Waals surface area contributed by atoms with Crippen LogP contribution in [0.2, 0.25) is 0 Å². The Kier molecular flexibility index (Phi) is 5.87. The molecule has 0 radical (unpaired) electrons. The highest BCUT2D eigenvalue weighted by atomic mass is 32.2. The van der Waals surface area contributed by atoms with Gasteiger partial charge in [0.2, 0.25) is 10.0 Å². The van der Waals surface area contributed by atoms with Crippen LogP contribution >= 0.6 is 0 Å². The summed E-state index contributed by atoms with van der Waals surface area (Å²) in [5.74, 6) is 1.02. The molecule has 0 saturated carbocycles. The fraction of sp³-hybridized carbons (Fsp3) is 0.632. The number of hydrogen-bond acceptors (Lipinski definition) is 4. The average Bonchev–Trinajstić information content (AvgIpc) is 2.76. The van der Waals surface area contributed by atoms with E-state index in [1.807, 2.05) is 44.2 Å². The van der Waals surface area contributed by atoms with Crippen molar-refractivity contribution in [2.75, 3.05) is 32.8 Å². The number of carbonyl (C=O) groups is 1. The van der Waals surface area contributed by atoms with Crippen LogP contribution in [0, 0.1) is 11.8 Å². The minimum absolute atomic E-state index is 0.00836. The lowest BCUT2D eigenvalue weighted by molar-refractivity contribution is -0.133. The second kappa shape index (κ2) is 7.96. The summed E-state index contributed by atoms with van der Waals surface area (Å²) in [5.41, 5.74) is 0. The van der Waals surface area contributed by atoms with E-state index in [1.165, 1.54) is 0 Å². The monoisotopic (exact) mass is 380 g/mol. The second-order valence-corrected chi connectivity index (χ2v) is 9.77. The third-order valence-electron chi connectivity index (χ3n) is 5.19. The third-order valence-corrected chi connectivity index (χ3v) is 7.59. The molecular weight excluding hydrogens is 352 g/mol. The van der Waals surface area contributed by atoms with Gasteiger partial charge in [-0.2, -0.15) is 0 Å². The molecule has 1 amide bonds. The van der Waals surface area contributed by atoms with Gasteiger partial charge in [0, 0.05) is 26.2 Å². The van der Waals surface area contributed by atoms with Gasteiger partial charge in [-0.15, -0.1) is 0 Å². The minimum atomic E-state index is -3.25. The molecule has 144 valence electrons. The Morgan fingerprint density at radius 2 is 1.88 bits per heavy atom. The fourth-order valence-electron chi connectivity index (χ4n) is 3.88. The quantitative estimate of drug-likeness (QED) is 0.783. The SMILES string of the molecule is CC(C)CN1C[C@H]2CCN(C(=O)COc3ccccc3)CC[C@H]2S1(=O)=O. The van der Waals surface area contributed by atoms with Crippen molar-refractivity contribution in [3.05, 3.63) is 30.3 Å². The van der Waals surface area contributed by atoms with Gasteiger partial charge in [-0.25, -0.2) is 12.7 Å². The number of nitrogens with zero attached hydrogens (tertiary/aromatic N) is 2. The Morgan fingerprint density at radius 1 is 1.19 bits per heavy atom. The molecule has 1 aromatic carbocycles. The largest absolute Gasteiger partial charge is 0.484 e. The van der Waals surface area contributed by atoms with Crippen molar-refractivity contribution in [1.29, 1.82) is 0 Å². The lowest BCUT2D eigenvalue weighted by atomic mass is 10.0. The zero-order valence-corrected chi connectivity index (χ0v) is 16.3. The summed E-state index contributed by atoms with van der Waals surface area (Å²) in [6.45, 7) is 6.33. The molecule has 1 aromatic rings. The topological polar surface area (TPSA) is 66.9 Å². The summed E-state index contributed by atoms with van der Waals surface area (Å²) in [4.78, 5) is 14.2. The maximum atomic E-state index is 12.8. The van der Waals surface area contributed by atoms with Crippen molar-refractivity contribution < 1.29 is 17.9 Å². The Labute approximate surface area is 156 Å². The number of sulfonamides is 1. The van der Waals surface area contributed by atoms with Crippen LogP contribution < -0.4 is 4.74 Å². The van der Waals surface area contributed by atoms with Crippen molar-refractivity contribution >= 4 is 15.9 Å². The van der Waals surface area contributed by atoms with Gasteiger partial charge in [0.05, 0.1) is 5.25 Å². The van der Waals surface area contributed by atoms with E-state index >= 15 is 0 Å². The van der Waals surface area contributed by atoms with Gasteiger partial charge in [0.25, 0.3) is 5.91 Å². The highest BCUT2D eigenvalue weighted by molar-refractivity contribution is 7.90. The molecule has 3 rings (SSSR count). The van der Waals surface area contributed by atoms with Gasteiger partial charge in [0.15, 0.2) is 6.61 Å². The van der Waals surface area contributed by atoms with E-state index in [0.29, 0.717) is 44.3 Å². The maximum absolute atomic E-state index is 12.8. The molecule has 26 heavy (non-hydrogen) atoms. The summed E-state index contributed by atoms with van der Waals surface area (Å²) in [6, 6.07) is 9.25. The van der Waals surface area contributed by atoms with Crippen LogP contribution in [0.25, 0.3) is 0 Å². The Morgan fingerprint density at radius 3 is 2.58 bits per heavy atom. The van der Waals surface area contributed by atoms with Gasteiger partial charge < -0.3 is 9.64 Å². The summed E-state index contributed by atoms with van der Waals surface area (Å²) in [7, 11) is -3.25. The molecule has 0 bridgehead atoms. The molecule has 7 heteroatoms. The van der Waals surface area contributed by atoms with Crippen LogP contribution in [0.15, 0.2) is 30.3 Å². The van der Waals surface area contributed by atoms with E-state index in [2.05, 4.69) is 0 Å². The lowest BCUT2D eigenvalue weighted by Crippen LogP contribution is -2.37. The van der Waals surface area contributed by atoms with E-state index in [9.17, 15) is 13.2 Å². The molecule has 0 N–H and O–H groups in total. The number of ether oxygens (including phenoxy) is 1. The summed E-state index contributed by atoms with van der Waals surface area (Å²) >= 11 is 0. The van der Waals surface area contributed by atoms with E-state index in [0.717, 1.165) is 6.42 Å². The Balaban J connectivity index is 1.57. The molecule has 0 aliphatic carbocycles. The van der Waals surface area contributed by atoms with E-state index in [-0.39, 0.29) is 23.7 Å². The molecule has 6 nitrogen and oxygen atoms in total. The number of fused-ring (bicyclic) bond motifs is 1. The first-order valence-electron chi connectivity index (χ1n) is 9.32. The van der Waals surface area contributed by atoms with Crippen molar-refractivity contribution in [3.63, 3.8) is 0 Å². The van der Waals surface area contributed by atoms with Crippen LogP contribution in [0.3, 0.4) is 0 Å². The first kappa shape index (κ1) is 19.2. The van der Waals surface area contributed by atoms with Gasteiger partial charge in [-0.1, -0.05) is 32.0 Å². The van der Waals surface area contributed by atoms with Gasteiger partial charge in [-0.05, 0) is 36.8 Å². The molecular formula is C19H28N2O4S. The van der Waals surface area contributed by atoms with Gasteiger partial charge >= 0.3 is 0 Å². The fourth-order valence-corrected chi connectivity index (χ4v) is 6.28. The molecule has 2 atom stereocenters. The third kappa shape index (κ3) is 4.20. The Hall–Kier alpha value is -1.60. The zero-order valence-electron chi connectivity index (χ0n) is 15.5. The molecule has 0 spiro atoms. The van der Waals surface area contributed by atoms with Crippen molar-refractivity contribution in [3.8, 4) is 5.75 Å². The predicted molar refractivity (Wildman–Crippen MR) is 100 cm³/mol. The molecule has 2 heterocycles. The highest BCUT2D eigenvalue weighted by Crippen LogP contribution is 2.34. The Bertz CT molecular complexity index is 720. The van der Waals surface area contributed by atoms with Crippen molar-refractivity contribution in [1.82, 2.24) is 9.21 Å². The van der Waals surface area contributed by atoms with E-state index in [4.69, 9.17) is 4.74 Å². The zero-order chi connectivity index (χ0) is 18.7. The number of hydrogen-bond donors (Lipinski definition) is 0. The van der Waals surface area contributed by atoms with E-state index < -0.39 is 10.0 Å². The smallest absolute Gasteiger partial charge is 0.260 e. The molecule has 2 aliphatic rings. The van der Waals surface area contributed by atoms with Crippen molar-refractivity contribution in [2.24, 2.45) is 11.8 Å². The summed E-state index contributed by atoms with van der Waals surface area (Å²) in [5, 5.41) is -0.353. The lowest BCUT2D eigenvalue weighted by Gasteiger charge is -2.23. The molecule has 0 unspecified atom stereocenters. The highest BCUT2D eigenvalue weighted by Gasteiger charge is 2.47. The van der Waals surface area contributed by atoms with Crippen LogP contribution in [-0.4, -0.2) is 61.6 Å². The molecule has 0 aromatic heterocycles. The number of carbonyl (C=O) groups excluding carboxylic acids is 1. The minimum Gasteiger partial charge on any atom is -0.484 e. The summed E-state index contributed by atoms with van der Waals surface area (Å²) in [6.07, 6.45) is 1.24. The summed E-state index contributed by atoms with van der Waals surface area (Å²) < 4.78 is 32.8. The van der Waals surface area contributed by atoms with Gasteiger partial charge in [0.1, 0.15) is 5.75 Å². The standard InChI is InChI=1S/C19H28N2O4S/c1-15(2)12-21-13-16-8-10-20(11-9-18(16)26(21,23)24)19(22)14-25-17-6-4-3-5-7-17/h3-7,15-16,18H,8-14H2,1-2H3/t16-,18-/m1/s1. The van der Waals surface area contributed by atoms with Crippen molar-refractivity contribution in [2.45, 2.75) is 31.9 Å². The first-order valence-corrected chi connectivity index (χ1v) is 10.8. The van der Waals surface area contributed by atoms with Crippen LogP contribution in [-0.2, 0) is 14.8 Å². The second-order valence-electron chi connectivity index (χ2n) is 7.61. The number of likely N-dealkylation sites (tertiary alicyclic amines) is 1. The van der Waals surface area contributed by atoms with Crippen LogP contribution in [0.1, 0.15) is 26.7 Å². The molecule has 2 fully saturated rings. The number of rotatable bonds is 5. The molecule has 2 aliphatic heterocycles. The van der Waals surface area contributed by atoms with Crippen LogP contribution in [0.4, 0.5) is 0 Å². The number of amides is 1. The number of para-hydroxylation sites is 1. The van der Waals surface area contributed by atoms with Gasteiger partial charge in [-0.3, -0.25) is 4.79 Å². The normalized spacial score (nSPS) is 25.7.